The van der Waals surface area contributed by atoms with Crippen LogP contribution in [0.15, 0.2) is 60.7 Å². The fourth-order valence-corrected chi connectivity index (χ4v) is 4.19. The highest BCUT2D eigenvalue weighted by atomic mass is 32.2. The molecule has 0 amide bonds. The largest absolute Gasteiger partial charge is 0.382 e. The molecule has 0 saturated carbocycles. The van der Waals surface area contributed by atoms with Crippen LogP contribution in [0.4, 0.5) is 11.4 Å². The summed E-state index contributed by atoms with van der Waals surface area (Å²) in [6.07, 6.45) is 4.80. The molecular formula is C18H20N2O2S. The minimum absolute atomic E-state index is 0.241. The number of anilines is 2. The van der Waals surface area contributed by atoms with Crippen molar-refractivity contribution < 1.29 is 8.42 Å². The number of nitrogens with one attached hydrogen (secondary N) is 1. The predicted octanol–water partition coefficient (Wildman–Crippen LogP) is 3.35. The molecule has 2 aromatic carbocycles. The Kier molecular flexibility index (Phi) is 4.67. The summed E-state index contributed by atoms with van der Waals surface area (Å²) in [6.45, 7) is 1.25. The van der Waals surface area contributed by atoms with Gasteiger partial charge in [0.2, 0.25) is 10.0 Å². The molecule has 0 radical (unpaired) electrons. The summed E-state index contributed by atoms with van der Waals surface area (Å²) in [5.74, 6) is 0.241. The van der Waals surface area contributed by atoms with E-state index >= 15 is 0 Å². The molecular weight excluding hydrogens is 308 g/mol. The van der Waals surface area contributed by atoms with Crippen LogP contribution in [0.1, 0.15) is 12.0 Å². The molecule has 5 heteroatoms. The van der Waals surface area contributed by atoms with Gasteiger partial charge in [0.05, 0.1) is 11.4 Å². The zero-order chi connectivity index (χ0) is 16.1. The van der Waals surface area contributed by atoms with Crippen LogP contribution in [0.5, 0.6) is 0 Å². The minimum atomic E-state index is -3.13. The van der Waals surface area contributed by atoms with Gasteiger partial charge < -0.3 is 5.32 Å². The third kappa shape index (κ3) is 3.93. The van der Waals surface area contributed by atoms with E-state index in [0.29, 0.717) is 19.5 Å². The lowest BCUT2D eigenvalue weighted by Gasteiger charge is -2.17. The van der Waals surface area contributed by atoms with Crippen LogP contribution in [0.2, 0.25) is 0 Å². The highest BCUT2D eigenvalue weighted by molar-refractivity contribution is 7.93. The molecule has 1 fully saturated rings. The lowest BCUT2D eigenvalue weighted by molar-refractivity contribution is 0.599. The molecule has 1 saturated heterocycles. The van der Waals surface area contributed by atoms with E-state index in [1.165, 1.54) is 4.31 Å². The fourth-order valence-electron chi connectivity index (χ4n) is 2.64. The summed E-state index contributed by atoms with van der Waals surface area (Å²) in [7, 11) is -3.13. The van der Waals surface area contributed by atoms with Gasteiger partial charge in [-0.05, 0) is 30.2 Å². The molecule has 120 valence electrons. The van der Waals surface area contributed by atoms with Gasteiger partial charge in [-0.2, -0.15) is 0 Å². The molecule has 0 bridgehead atoms. The van der Waals surface area contributed by atoms with Crippen LogP contribution in [-0.4, -0.2) is 27.3 Å². The van der Waals surface area contributed by atoms with Crippen molar-refractivity contribution in [3.05, 3.63) is 66.2 Å². The van der Waals surface area contributed by atoms with Crippen molar-refractivity contribution in [2.24, 2.45) is 0 Å². The standard InChI is InChI=1S/C18H20N2O2S/c21-23(22)14-6-13-20(23)18-11-4-10-17(15-18)19-12-5-9-16-7-2-1-3-8-16/h1-5,7-11,15,19H,6,12-14H2. The third-order valence-electron chi connectivity index (χ3n) is 3.77. The van der Waals surface area contributed by atoms with E-state index in [1.807, 2.05) is 42.5 Å². The van der Waals surface area contributed by atoms with Gasteiger partial charge in [-0.1, -0.05) is 48.6 Å². The Hall–Kier alpha value is -2.27. The highest BCUT2D eigenvalue weighted by Gasteiger charge is 2.28. The van der Waals surface area contributed by atoms with Crippen LogP contribution >= 0.6 is 0 Å². The first-order valence-corrected chi connectivity index (χ1v) is 9.32. The minimum Gasteiger partial charge on any atom is -0.382 e. The van der Waals surface area contributed by atoms with Crippen LogP contribution in [0.25, 0.3) is 6.08 Å². The van der Waals surface area contributed by atoms with E-state index in [1.54, 1.807) is 0 Å². The zero-order valence-corrected chi connectivity index (χ0v) is 13.7. The van der Waals surface area contributed by atoms with Gasteiger partial charge in [0.25, 0.3) is 0 Å². The second kappa shape index (κ2) is 6.87. The number of rotatable bonds is 5. The predicted molar refractivity (Wildman–Crippen MR) is 96.2 cm³/mol. The Labute approximate surface area is 137 Å². The van der Waals surface area contributed by atoms with Gasteiger partial charge in [0.1, 0.15) is 0 Å². The molecule has 0 atom stereocenters. The van der Waals surface area contributed by atoms with Crippen molar-refractivity contribution >= 4 is 27.5 Å². The van der Waals surface area contributed by atoms with Gasteiger partial charge >= 0.3 is 0 Å². The van der Waals surface area contributed by atoms with Crippen LogP contribution < -0.4 is 9.62 Å². The van der Waals surface area contributed by atoms with E-state index in [2.05, 4.69) is 29.6 Å². The van der Waals surface area contributed by atoms with Gasteiger partial charge in [0, 0.05) is 18.8 Å². The molecule has 0 aliphatic carbocycles. The molecule has 1 aliphatic heterocycles. The number of hydrogen-bond acceptors (Lipinski definition) is 3. The lowest BCUT2D eigenvalue weighted by Crippen LogP contribution is -2.25. The van der Waals surface area contributed by atoms with Crippen molar-refractivity contribution in [3.63, 3.8) is 0 Å². The maximum absolute atomic E-state index is 12.0. The Morgan fingerprint density at radius 2 is 1.91 bits per heavy atom. The van der Waals surface area contributed by atoms with Crippen molar-refractivity contribution in [2.75, 3.05) is 28.5 Å². The van der Waals surface area contributed by atoms with E-state index in [9.17, 15) is 8.42 Å². The topological polar surface area (TPSA) is 49.4 Å². The summed E-state index contributed by atoms with van der Waals surface area (Å²) >= 11 is 0. The SMILES string of the molecule is O=S1(=O)CCCN1c1cccc(NCC=Cc2ccccc2)c1. The fraction of sp³-hybridized carbons (Fsp3) is 0.222. The Morgan fingerprint density at radius 3 is 2.65 bits per heavy atom. The van der Waals surface area contributed by atoms with Crippen molar-refractivity contribution in [1.29, 1.82) is 0 Å². The van der Waals surface area contributed by atoms with Gasteiger partial charge in [-0.15, -0.1) is 0 Å². The smallest absolute Gasteiger partial charge is 0.235 e. The average Bonchev–Trinajstić information content (AvgIpc) is 2.92. The first-order valence-electron chi connectivity index (χ1n) is 7.71. The number of sulfonamides is 1. The Balaban J connectivity index is 1.63. The van der Waals surface area contributed by atoms with Gasteiger partial charge in [0.15, 0.2) is 0 Å². The number of benzene rings is 2. The second-order valence-electron chi connectivity index (χ2n) is 5.49. The van der Waals surface area contributed by atoms with Crippen LogP contribution in [0.3, 0.4) is 0 Å². The van der Waals surface area contributed by atoms with Crippen LogP contribution in [-0.2, 0) is 10.0 Å². The quantitative estimate of drug-likeness (QED) is 0.916. The van der Waals surface area contributed by atoms with Crippen molar-refractivity contribution in [3.8, 4) is 0 Å². The van der Waals surface area contributed by atoms with E-state index in [4.69, 9.17) is 0 Å². The molecule has 4 nitrogen and oxygen atoms in total. The van der Waals surface area contributed by atoms with Crippen molar-refractivity contribution in [2.45, 2.75) is 6.42 Å². The van der Waals surface area contributed by atoms with Crippen molar-refractivity contribution in [1.82, 2.24) is 0 Å². The van der Waals surface area contributed by atoms with Crippen LogP contribution in [0, 0.1) is 0 Å². The van der Waals surface area contributed by atoms with E-state index in [-0.39, 0.29) is 5.75 Å². The van der Waals surface area contributed by atoms with Gasteiger partial charge in [-0.3, -0.25) is 4.31 Å². The normalized spacial score (nSPS) is 16.8. The average molecular weight is 328 g/mol. The molecule has 0 aromatic heterocycles. The summed E-state index contributed by atoms with van der Waals surface area (Å²) in [5.41, 5.74) is 2.81. The van der Waals surface area contributed by atoms with E-state index in [0.717, 1.165) is 16.9 Å². The molecule has 0 spiro atoms. The number of nitrogens with zero attached hydrogens (tertiary/aromatic N) is 1. The zero-order valence-electron chi connectivity index (χ0n) is 12.9. The number of hydrogen-bond donors (Lipinski definition) is 1. The molecule has 1 N–H and O–H groups in total. The molecule has 1 heterocycles. The highest BCUT2D eigenvalue weighted by Crippen LogP contribution is 2.26. The summed E-state index contributed by atoms with van der Waals surface area (Å²) < 4.78 is 25.5. The monoisotopic (exact) mass is 328 g/mol. The maximum atomic E-state index is 12.0. The molecule has 1 aliphatic rings. The molecule has 2 aromatic rings. The maximum Gasteiger partial charge on any atom is 0.235 e. The first kappa shape index (κ1) is 15.6. The molecule has 0 unspecified atom stereocenters. The Bertz CT molecular complexity index is 786. The molecule has 3 rings (SSSR count). The summed E-state index contributed by atoms with van der Waals surface area (Å²) in [6, 6.07) is 17.7. The van der Waals surface area contributed by atoms with Gasteiger partial charge in [-0.25, -0.2) is 8.42 Å². The first-order chi connectivity index (χ1) is 11.1. The second-order valence-corrected chi connectivity index (χ2v) is 7.50. The lowest BCUT2D eigenvalue weighted by atomic mass is 10.2. The summed E-state index contributed by atoms with van der Waals surface area (Å²) in [5, 5.41) is 3.30. The Morgan fingerprint density at radius 1 is 1.09 bits per heavy atom. The van der Waals surface area contributed by atoms with E-state index < -0.39 is 10.0 Å². The third-order valence-corrected chi connectivity index (χ3v) is 5.64. The molecule has 23 heavy (non-hydrogen) atoms. The summed E-state index contributed by atoms with van der Waals surface area (Å²) in [4.78, 5) is 0.